The fourth-order valence-corrected chi connectivity index (χ4v) is 4.12. The molecule has 0 spiro atoms. The molecule has 5 heteroatoms. The molecular formula is C23H40N2O2Si. The van der Waals surface area contributed by atoms with Gasteiger partial charge in [0.2, 0.25) is 0 Å². The van der Waals surface area contributed by atoms with Crippen LogP contribution in [0.15, 0.2) is 30.3 Å². The van der Waals surface area contributed by atoms with E-state index in [-0.39, 0.29) is 16.9 Å². The molecule has 0 radical (unpaired) electrons. The van der Waals surface area contributed by atoms with Gasteiger partial charge in [-0.05, 0) is 36.0 Å². The number of ketones is 1. The largest absolute Gasteiger partial charge is 0.415 e. The number of nitrogens with one attached hydrogen (secondary N) is 2. The van der Waals surface area contributed by atoms with E-state index in [0.717, 1.165) is 25.1 Å². The standard InChI is InChI=1S/C23H40N2O2Si/c1-17(2)13-19(22(26)14-18-11-9-8-10-12-18)24-15-20-21(25-20)16-27-28(6,7)23(3,4)5/h8-12,17,19-21,24-25H,13-16H2,1-7H3/t19-,20+,21+/m0/s1. The fourth-order valence-electron chi connectivity index (χ4n) is 3.09. The molecule has 1 heterocycles. The van der Waals surface area contributed by atoms with Crippen molar-refractivity contribution in [1.82, 2.24) is 10.6 Å². The molecule has 1 aliphatic heterocycles. The highest BCUT2D eigenvalue weighted by atomic mass is 28.4. The van der Waals surface area contributed by atoms with Crippen molar-refractivity contribution < 1.29 is 9.22 Å². The minimum absolute atomic E-state index is 0.0791. The van der Waals surface area contributed by atoms with Crippen LogP contribution in [0.25, 0.3) is 0 Å². The van der Waals surface area contributed by atoms with E-state index in [1.54, 1.807) is 0 Å². The molecule has 2 rings (SSSR count). The van der Waals surface area contributed by atoms with Gasteiger partial charge in [0.15, 0.2) is 14.1 Å². The average Bonchev–Trinajstić information content (AvgIpc) is 3.35. The van der Waals surface area contributed by atoms with E-state index in [1.165, 1.54) is 0 Å². The SMILES string of the molecule is CC(C)C[C@H](NC[C@H]1N[C@@H]1CO[Si](C)(C)C(C)(C)C)C(=O)Cc1ccccc1. The van der Waals surface area contributed by atoms with Gasteiger partial charge < -0.3 is 15.1 Å². The van der Waals surface area contributed by atoms with Crippen molar-refractivity contribution in [2.24, 2.45) is 5.92 Å². The highest BCUT2D eigenvalue weighted by Gasteiger charge is 2.42. The van der Waals surface area contributed by atoms with Crippen molar-refractivity contribution in [3.63, 3.8) is 0 Å². The van der Waals surface area contributed by atoms with Crippen molar-refractivity contribution in [1.29, 1.82) is 0 Å². The summed E-state index contributed by atoms with van der Waals surface area (Å²) >= 11 is 0. The number of hydrogen-bond donors (Lipinski definition) is 2. The first-order valence-electron chi connectivity index (χ1n) is 10.7. The molecule has 28 heavy (non-hydrogen) atoms. The third kappa shape index (κ3) is 7.10. The third-order valence-electron chi connectivity index (χ3n) is 6.14. The van der Waals surface area contributed by atoms with Gasteiger partial charge in [-0.2, -0.15) is 0 Å². The Hall–Kier alpha value is -1.01. The lowest BCUT2D eigenvalue weighted by Gasteiger charge is -2.36. The van der Waals surface area contributed by atoms with Crippen LogP contribution >= 0.6 is 0 Å². The second-order valence-electron chi connectivity index (χ2n) is 10.2. The molecule has 1 aromatic rings. The van der Waals surface area contributed by atoms with Crippen molar-refractivity contribution in [2.45, 2.75) is 83.7 Å². The first kappa shape index (κ1) is 23.3. The molecule has 1 aliphatic rings. The van der Waals surface area contributed by atoms with E-state index in [1.807, 2.05) is 30.3 Å². The van der Waals surface area contributed by atoms with Crippen LogP contribution in [-0.4, -0.2) is 45.4 Å². The molecule has 3 atom stereocenters. The van der Waals surface area contributed by atoms with Crippen molar-refractivity contribution in [2.75, 3.05) is 13.2 Å². The fraction of sp³-hybridized carbons (Fsp3) is 0.696. The maximum atomic E-state index is 12.8. The maximum absolute atomic E-state index is 12.8. The van der Waals surface area contributed by atoms with Crippen LogP contribution in [0.5, 0.6) is 0 Å². The Morgan fingerprint density at radius 1 is 1.18 bits per heavy atom. The van der Waals surface area contributed by atoms with E-state index in [2.05, 4.69) is 58.3 Å². The van der Waals surface area contributed by atoms with Crippen LogP contribution in [0.3, 0.4) is 0 Å². The monoisotopic (exact) mass is 404 g/mol. The normalized spacial score (nSPS) is 21.0. The zero-order valence-corrected chi connectivity index (χ0v) is 19.8. The van der Waals surface area contributed by atoms with E-state index >= 15 is 0 Å². The summed E-state index contributed by atoms with van der Waals surface area (Å²) in [4.78, 5) is 12.8. The van der Waals surface area contributed by atoms with Gasteiger partial charge in [0, 0.05) is 25.0 Å². The lowest BCUT2D eigenvalue weighted by Crippen LogP contribution is -2.42. The predicted octanol–water partition coefficient (Wildman–Crippen LogP) is 4.16. The molecule has 1 saturated heterocycles. The topological polar surface area (TPSA) is 60.3 Å². The molecule has 0 saturated carbocycles. The van der Waals surface area contributed by atoms with Crippen molar-refractivity contribution in [3.8, 4) is 0 Å². The molecule has 1 aromatic carbocycles. The number of hydrogen-bond acceptors (Lipinski definition) is 4. The van der Waals surface area contributed by atoms with Gasteiger partial charge in [0.05, 0.1) is 12.6 Å². The Labute approximate surface area is 173 Å². The van der Waals surface area contributed by atoms with Crippen LogP contribution in [0.1, 0.15) is 46.6 Å². The van der Waals surface area contributed by atoms with Crippen LogP contribution in [0.2, 0.25) is 18.1 Å². The third-order valence-corrected chi connectivity index (χ3v) is 10.6. The minimum Gasteiger partial charge on any atom is -0.415 e. The Balaban J connectivity index is 1.80. The molecule has 0 aliphatic carbocycles. The van der Waals surface area contributed by atoms with Crippen LogP contribution < -0.4 is 10.6 Å². The first-order valence-corrected chi connectivity index (χ1v) is 13.6. The van der Waals surface area contributed by atoms with Crippen molar-refractivity contribution in [3.05, 3.63) is 35.9 Å². The average molecular weight is 405 g/mol. The van der Waals surface area contributed by atoms with Gasteiger partial charge in [0.1, 0.15) is 0 Å². The Bertz CT molecular complexity index is 625. The van der Waals surface area contributed by atoms with Crippen LogP contribution in [0.4, 0.5) is 0 Å². The molecule has 1 fully saturated rings. The Morgan fingerprint density at radius 3 is 2.39 bits per heavy atom. The summed E-state index contributed by atoms with van der Waals surface area (Å²) in [6.07, 6.45) is 1.38. The Kier molecular flexibility index (Phi) is 8.03. The summed E-state index contributed by atoms with van der Waals surface area (Å²) in [6, 6.07) is 10.8. The van der Waals surface area contributed by atoms with Crippen molar-refractivity contribution >= 4 is 14.1 Å². The zero-order valence-electron chi connectivity index (χ0n) is 18.8. The number of rotatable bonds is 11. The van der Waals surface area contributed by atoms with E-state index in [9.17, 15) is 4.79 Å². The smallest absolute Gasteiger partial charge is 0.192 e. The lowest BCUT2D eigenvalue weighted by molar-refractivity contribution is -0.120. The summed E-state index contributed by atoms with van der Waals surface area (Å²) in [6.45, 7) is 17.4. The number of carbonyl (C=O) groups excluding carboxylic acids is 1. The summed E-state index contributed by atoms with van der Waals surface area (Å²) in [5.41, 5.74) is 1.09. The molecule has 158 valence electrons. The van der Waals surface area contributed by atoms with Gasteiger partial charge in [-0.3, -0.25) is 4.79 Å². The molecule has 0 amide bonds. The van der Waals surface area contributed by atoms with Gasteiger partial charge in [-0.15, -0.1) is 0 Å². The highest BCUT2D eigenvalue weighted by Crippen LogP contribution is 2.37. The Morgan fingerprint density at radius 2 is 1.82 bits per heavy atom. The second-order valence-corrected chi connectivity index (χ2v) is 15.0. The molecule has 0 unspecified atom stereocenters. The first-order chi connectivity index (χ1) is 13.0. The summed E-state index contributed by atoms with van der Waals surface area (Å²) < 4.78 is 6.33. The molecule has 0 bridgehead atoms. The minimum atomic E-state index is -1.70. The van der Waals surface area contributed by atoms with Gasteiger partial charge >= 0.3 is 0 Å². The highest BCUT2D eigenvalue weighted by molar-refractivity contribution is 6.74. The van der Waals surface area contributed by atoms with Crippen LogP contribution in [0, 0.1) is 5.92 Å². The molecular weight excluding hydrogens is 364 g/mol. The predicted molar refractivity (Wildman–Crippen MR) is 120 cm³/mol. The zero-order chi connectivity index (χ0) is 20.9. The van der Waals surface area contributed by atoms with Gasteiger partial charge in [-0.1, -0.05) is 65.0 Å². The summed E-state index contributed by atoms with van der Waals surface area (Å²) in [7, 11) is -1.70. The van der Waals surface area contributed by atoms with Gasteiger partial charge in [-0.25, -0.2) is 0 Å². The number of benzene rings is 1. The quantitative estimate of drug-likeness (QED) is 0.429. The van der Waals surface area contributed by atoms with E-state index in [4.69, 9.17) is 4.43 Å². The van der Waals surface area contributed by atoms with E-state index in [0.29, 0.717) is 24.4 Å². The summed E-state index contributed by atoms with van der Waals surface area (Å²) in [5, 5.41) is 7.29. The van der Waals surface area contributed by atoms with E-state index < -0.39 is 8.32 Å². The number of Topliss-reactive ketones (excluding diaryl/α,β-unsaturated/α-hetero) is 1. The molecule has 4 nitrogen and oxygen atoms in total. The number of carbonyl (C=O) groups is 1. The lowest BCUT2D eigenvalue weighted by atomic mass is 9.96. The van der Waals surface area contributed by atoms with Gasteiger partial charge in [0.25, 0.3) is 0 Å². The maximum Gasteiger partial charge on any atom is 0.192 e. The molecule has 2 N–H and O–H groups in total. The second kappa shape index (κ2) is 9.66. The van der Waals surface area contributed by atoms with Crippen LogP contribution in [-0.2, 0) is 15.6 Å². The summed E-state index contributed by atoms with van der Waals surface area (Å²) in [5.74, 6) is 0.775. The molecule has 0 aromatic heterocycles.